The van der Waals surface area contributed by atoms with E-state index in [1.54, 1.807) is 0 Å². The third kappa shape index (κ3) is 2.61. The van der Waals surface area contributed by atoms with E-state index in [9.17, 15) is 0 Å². The number of nitrogens with one attached hydrogen (secondary N) is 2. The Labute approximate surface area is 135 Å². The number of hydrogen-bond donors (Lipinski definition) is 2. The molecule has 2 aromatic carbocycles. The summed E-state index contributed by atoms with van der Waals surface area (Å²) in [5.41, 5.74) is 11.6. The standard InChI is InChI=1S/C19H20N4/c1-12-10-13(2)14-6-5-9-16(15(14)11-12)22-23-19-20-17-7-3-4-8-18(17)21-19/h3-4,7-8,10-11H,5-6,9H2,1-2H3,(H2,20,21,23)/b22-16-. The fraction of sp³-hybridized carbons (Fsp3) is 0.263. The molecular formula is C19H20N4. The van der Waals surface area contributed by atoms with Crippen LogP contribution in [0.15, 0.2) is 41.5 Å². The third-order valence-electron chi connectivity index (χ3n) is 4.45. The lowest BCUT2D eigenvalue weighted by atomic mass is 9.86. The van der Waals surface area contributed by atoms with E-state index in [1.165, 1.54) is 22.3 Å². The van der Waals surface area contributed by atoms with Crippen molar-refractivity contribution >= 4 is 22.7 Å². The van der Waals surface area contributed by atoms with E-state index in [4.69, 9.17) is 0 Å². The highest BCUT2D eigenvalue weighted by Crippen LogP contribution is 2.26. The Morgan fingerprint density at radius 3 is 2.87 bits per heavy atom. The number of aryl methyl sites for hydroxylation is 2. The molecule has 23 heavy (non-hydrogen) atoms. The number of aromatic amines is 1. The molecule has 1 aliphatic carbocycles. The normalized spacial score (nSPS) is 15.8. The van der Waals surface area contributed by atoms with E-state index in [1.807, 2.05) is 24.3 Å². The predicted molar refractivity (Wildman–Crippen MR) is 95.1 cm³/mol. The average Bonchev–Trinajstić information content (AvgIpc) is 2.96. The van der Waals surface area contributed by atoms with Gasteiger partial charge >= 0.3 is 0 Å². The van der Waals surface area contributed by atoms with Crippen molar-refractivity contribution in [3.05, 3.63) is 58.7 Å². The van der Waals surface area contributed by atoms with Crippen molar-refractivity contribution in [2.24, 2.45) is 5.10 Å². The van der Waals surface area contributed by atoms with Gasteiger partial charge in [0.15, 0.2) is 0 Å². The largest absolute Gasteiger partial charge is 0.323 e. The van der Waals surface area contributed by atoms with Gasteiger partial charge in [0.1, 0.15) is 0 Å². The van der Waals surface area contributed by atoms with Crippen LogP contribution < -0.4 is 5.43 Å². The summed E-state index contributed by atoms with van der Waals surface area (Å²) in [6, 6.07) is 12.5. The molecule has 0 amide bonds. The zero-order valence-corrected chi connectivity index (χ0v) is 13.5. The number of aromatic nitrogens is 2. The SMILES string of the molecule is Cc1cc(C)c2c(c1)/C(=N\Nc1nc3ccccc3[nH]1)CCC2. The van der Waals surface area contributed by atoms with Crippen LogP contribution in [0.2, 0.25) is 0 Å². The number of anilines is 1. The highest BCUT2D eigenvalue weighted by Gasteiger charge is 2.18. The molecule has 0 atom stereocenters. The zero-order chi connectivity index (χ0) is 15.8. The molecule has 4 heteroatoms. The highest BCUT2D eigenvalue weighted by molar-refractivity contribution is 6.03. The van der Waals surface area contributed by atoms with Crippen molar-refractivity contribution in [1.29, 1.82) is 0 Å². The van der Waals surface area contributed by atoms with Gasteiger partial charge in [-0.3, -0.25) is 0 Å². The molecule has 1 aliphatic rings. The molecular weight excluding hydrogens is 284 g/mol. The minimum Gasteiger partial charge on any atom is -0.323 e. The first-order valence-electron chi connectivity index (χ1n) is 8.08. The number of benzene rings is 2. The summed E-state index contributed by atoms with van der Waals surface area (Å²) in [5.74, 6) is 0.690. The van der Waals surface area contributed by atoms with Crippen molar-refractivity contribution < 1.29 is 0 Å². The molecule has 0 radical (unpaired) electrons. The van der Waals surface area contributed by atoms with Crippen LogP contribution >= 0.6 is 0 Å². The molecule has 0 fully saturated rings. The van der Waals surface area contributed by atoms with Crippen molar-refractivity contribution in [1.82, 2.24) is 9.97 Å². The number of rotatable bonds is 2. The van der Waals surface area contributed by atoms with Gasteiger partial charge in [0.2, 0.25) is 5.95 Å². The number of hydrazone groups is 1. The molecule has 4 rings (SSSR count). The summed E-state index contributed by atoms with van der Waals surface area (Å²) in [7, 11) is 0. The van der Waals surface area contributed by atoms with Gasteiger partial charge in [-0.1, -0.05) is 23.8 Å². The topological polar surface area (TPSA) is 53.1 Å². The van der Waals surface area contributed by atoms with E-state index in [0.29, 0.717) is 5.95 Å². The van der Waals surface area contributed by atoms with Gasteiger partial charge in [0.25, 0.3) is 0 Å². The molecule has 0 saturated heterocycles. The van der Waals surface area contributed by atoms with Crippen molar-refractivity contribution in [3.63, 3.8) is 0 Å². The van der Waals surface area contributed by atoms with E-state index in [2.05, 4.69) is 46.5 Å². The second kappa shape index (κ2) is 5.54. The summed E-state index contributed by atoms with van der Waals surface area (Å²) >= 11 is 0. The number of fused-ring (bicyclic) bond motifs is 2. The van der Waals surface area contributed by atoms with E-state index < -0.39 is 0 Å². The molecule has 0 bridgehead atoms. The van der Waals surface area contributed by atoms with Gasteiger partial charge < -0.3 is 4.98 Å². The zero-order valence-electron chi connectivity index (χ0n) is 13.5. The number of H-pyrrole nitrogens is 1. The molecule has 1 aromatic heterocycles. The van der Waals surface area contributed by atoms with Crippen LogP contribution in [0.25, 0.3) is 11.0 Å². The van der Waals surface area contributed by atoms with Gasteiger partial charge in [-0.05, 0) is 62.4 Å². The minimum atomic E-state index is 0.690. The summed E-state index contributed by atoms with van der Waals surface area (Å²) in [6.07, 6.45) is 3.30. The maximum absolute atomic E-state index is 4.65. The highest BCUT2D eigenvalue weighted by atomic mass is 15.4. The Hall–Kier alpha value is -2.62. The molecule has 116 valence electrons. The van der Waals surface area contributed by atoms with Crippen molar-refractivity contribution in [3.8, 4) is 0 Å². The molecule has 3 aromatic rings. The van der Waals surface area contributed by atoms with E-state index >= 15 is 0 Å². The maximum atomic E-state index is 4.65. The molecule has 1 heterocycles. The van der Waals surface area contributed by atoms with Crippen LogP contribution in [-0.2, 0) is 6.42 Å². The minimum absolute atomic E-state index is 0.690. The lowest BCUT2D eigenvalue weighted by Gasteiger charge is -2.20. The monoisotopic (exact) mass is 304 g/mol. The summed E-state index contributed by atoms with van der Waals surface area (Å²) in [5, 5.41) is 4.65. The molecule has 0 unspecified atom stereocenters. The predicted octanol–water partition coefficient (Wildman–Crippen LogP) is 4.33. The van der Waals surface area contributed by atoms with E-state index in [-0.39, 0.29) is 0 Å². The summed E-state index contributed by atoms with van der Waals surface area (Å²) in [6.45, 7) is 4.34. The van der Waals surface area contributed by atoms with Crippen molar-refractivity contribution in [2.75, 3.05) is 5.43 Å². The van der Waals surface area contributed by atoms with Gasteiger partial charge in [-0.2, -0.15) is 5.10 Å². The van der Waals surface area contributed by atoms with Gasteiger partial charge in [-0.25, -0.2) is 10.4 Å². The average molecular weight is 304 g/mol. The Morgan fingerprint density at radius 1 is 1.13 bits per heavy atom. The Bertz CT molecular complexity index is 872. The second-order valence-corrected chi connectivity index (χ2v) is 6.23. The number of hydrogen-bond acceptors (Lipinski definition) is 3. The fourth-order valence-corrected chi connectivity index (χ4v) is 3.40. The van der Waals surface area contributed by atoms with Crippen molar-refractivity contribution in [2.45, 2.75) is 33.1 Å². The lowest BCUT2D eigenvalue weighted by Crippen LogP contribution is -2.15. The van der Waals surface area contributed by atoms with Crippen LogP contribution in [0.1, 0.15) is 35.1 Å². The smallest absolute Gasteiger partial charge is 0.222 e. The lowest BCUT2D eigenvalue weighted by molar-refractivity contribution is 0.829. The maximum Gasteiger partial charge on any atom is 0.222 e. The van der Waals surface area contributed by atoms with Gasteiger partial charge in [0.05, 0.1) is 16.7 Å². The second-order valence-electron chi connectivity index (χ2n) is 6.23. The third-order valence-corrected chi connectivity index (χ3v) is 4.45. The number of imidazole rings is 1. The fourth-order valence-electron chi connectivity index (χ4n) is 3.40. The quantitative estimate of drug-likeness (QED) is 0.692. The van der Waals surface area contributed by atoms with Crippen LogP contribution in [0.3, 0.4) is 0 Å². The Morgan fingerprint density at radius 2 is 2.00 bits per heavy atom. The number of para-hydroxylation sites is 2. The molecule has 2 N–H and O–H groups in total. The molecule has 4 nitrogen and oxygen atoms in total. The molecule has 0 spiro atoms. The molecule has 0 saturated carbocycles. The van der Waals surface area contributed by atoms with Crippen LogP contribution in [0.4, 0.5) is 5.95 Å². The van der Waals surface area contributed by atoms with Crippen LogP contribution in [-0.4, -0.2) is 15.7 Å². The van der Waals surface area contributed by atoms with Gasteiger partial charge in [-0.15, -0.1) is 0 Å². The number of nitrogens with zero attached hydrogens (tertiary/aromatic N) is 2. The first-order chi connectivity index (χ1) is 11.2. The Kier molecular flexibility index (Phi) is 3.37. The van der Waals surface area contributed by atoms with Crippen LogP contribution in [0.5, 0.6) is 0 Å². The molecule has 0 aliphatic heterocycles. The first kappa shape index (κ1) is 14.0. The Balaban J connectivity index is 1.67. The van der Waals surface area contributed by atoms with Gasteiger partial charge in [0, 0.05) is 5.56 Å². The first-order valence-corrected chi connectivity index (χ1v) is 8.08. The summed E-state index contributed by atoms with van der Waals surface area (Å²) < 4.78 is 0. The van der Waals surface area contributed by atoms with Crippen LogP contribution in [0, 0.1) is 13.8 Å². The summed E-state index contributed by atoms with van der Waals surface area (Å²) in [4.78, 5) is 7.77. The van der Waals surface area contributed by atoms with E-state index in [0.717, 1.165) is 36.0 Å².